The fourth-order valence-electron chi connectivity index (χ4n) is 2.65. The maximum absolute atomic E-state index is 11.7. The van der Waals surface area contributed by atoms with E-state index in [0.717, 1.165) is 17.8 Å². The third-order valence-electron chi connectivity index (χ3n) is 3.35. The van der Waals surface area contributed by atoms with Gasteiger partial charge in [-0.1, -0.05) is 13.8 Å². The number of ketones is 1. The maximum atomic E-state index is 11.7. The number of hydrogen-bond donors (Lipinski definition) is 1. The van der Waals surface area contributed by atoms with Crippen LogP contribution in [0.2, 0.25) is 0 Å². The first-order valence-electron chi connectivity index (χ1n) is 6.23. The molecule has 94 valence electrons. The first kappa shape index (κ1) is 12.7. The molecule has 0 spiro atoms. The van der Waals surface area contributed by atoms with Gasteiger partial charge in [-0.25, -0.2) is 4.98 Å². The Kier molecular flexibility index (Phi) is 3.94. The van der Waals surface area contributed by atoms with E-state index in [9.17, 15) is 4.79 Å². The SMILES string of the molecule is CC(=O)C1CC(CC(C)C)N[C@H]1c1nccs1. The highest BCUT2D eigenvalue weighted by molar-refractivity contribution is 7.09. The van der Waals surface area contributed by atoms with E-state index >= 15 is 0 Å². The third kappa shape index (κ3) is 2.93. The number of carbonyl (C=O) groups is 1. The Morgan fingerprint density at radius 3 is 2.94 bits per heavy atom. The van der Waals surface area contributed by atoms with E-state index in [4.69, 9.17) is 0 Å². The molecule has 17 heavy (non-hydrogen) atoms. The quantitative estimate of drug-likeness (QED) is 0.896. The van der Waals surface area contributed by atoms with Gasteiger partial charge < -0.3 is 5.32 Å². The molecule has 0 saturated carbocycles. The van der Waals surface area contributed by atoms with Gasteiger partial charge in [-0.15, -0.1) is 11.3 Å². The molecule has 2 heterocycles. The zero-order valence-corrected chi connectivity index (χ0v) is 11.5. The summed E-state index contributed by atoms with van der Waals surface area (Å²) in [6.45, 7) is 6.15. The summed E-state index contributed by atoms with van der Waals surface area (Å²) in [4.78, 5) is 16.1. The van der Waals surface area contributed by atoms with Crippen LogP contribution in [0.3, 0.4) is 0 Å². The second-order valence-electron chi connectivity index (χ2n) is 5.29. The van der Waals surface area contributed by atoms with Crippen molar-refractivity contribution in [3.63, 3.8) is 0 Å². The summed E-state index contributed by atoms with van der Waals surface area (Å²) in [5.74, 6) is 1.05. The van der Waals surface area contributed by atoms with Gasteiger partial charge in [-0.3, -0.25) is 4.79 Å². The summed E-state index contributed by atoms with van der Waals surface area (Å²) >= 11 is 1.64. The molecule has 1 aliphatic heterocycles. The van der Waals surface area contributed by atoms with Crippen LogP contribution in [0.25, 0.3) is 0 Å². The summed E-state index contributed by atoms with van der Waals surface area (Å²) in [5.41, 5.74) is 0. The summed E-state index contributed by atoms with van der Waals surface area (Å²) < 4.78 is 0. The number of nitrogens with zero attached hydrogens (tertiary/aromatic N) is 1. The van der Waals surface area contributed by atoms with Crippen molar-refractivity contribution < 1.29 is 4.79 Å². The van der Waals surface area contributed by atoms with Gasteiger partial charge in [-0.2, -0.15) is 0 Å². The third-order valence-corrected chi connectivity index (χ3v) is 4.21. The molecule has 1 aromatic heterocycles. The summed E-state index contributed by atoms with van der Waals surface area (Å²) in [6.07, 6.45) is 3.90. The van der Waals surface area contributed by atoms with E-state index in [1.807, 2.05) is 11.6 Å². The summed E-state index contributed by atoms with van der Waals surface area (Å²) in [7, 11) is 0. The second-order valence-corrected chi connectivity index (χ2v) is 6.22. The van der Waals surface area contributed by atoms with E-state index in [1.165, 1.54) is 0 Å². The monoisotopic (exact) mass is 252 g/mol. The van der Waals surface area contributed by atoms with Crippen molar-refractivity contribution in [3.8, 4) is 0 Å². The maximum Gasteiger partial charge on any atom is 0.134 e. The lowest BCUT2D eigenvalue weighted by Gasteiger charge is -2.15. The molecule has 1 N–H and O–H groups in total. The summed E-state index contributed by atoms with van der Waals surface area (Å²) in [6, 6.07) is 0.592. The highest BCUT2D eigenvalue weighted by Gasteiger charge is 2.38. The number of nitrogens with one attached hydrogen (secondary N) is 1. The lowest BCUT2D eigenvalue weighted by molar-refractivity contribution is -0.121. The molecule has 1 fully saturated rings. The lowest BCUT2D eigenvalue weighted by atomic mass is 9.93. The largest absolute Gasteiger partial charge is 0.305 e. The Morgan fingerprint density at radius 1 is 1.65 bits per heavy atom. The number of aromatic nitrogens is 1. The Labute approximate surface area is 107 Å². The van der Waals surface area contributed by atoms with Gasteiger partial charge in [0, 0.05) is 23.5 Å². The van der Waals surface area contributed by atoms with Gasteiger partial charge in [0.25, 0.3) is 0 Å². The molecule has 0 aliphatic carbocycles. The van der Waals surface area contributed by atoms with Gasteiger partial charge in [0.05, 0.1) is 6.04 Å². The Morgan fingerprint density at radius 2 is 2.41 bits per heavy atom. The van der Waals surface area contributed by atoms with Crippen molar-refractivity contribution >= 4 is 17.1 Å². The Balaban J connectivity index is 2.11. The minimum Gasteiger partial charge on any atom is -0.305 e. The Hall–Kier alpha value is -0.740. The van der Waals surface area contributed by atoms with Gasteiger partial charge in [0.1, 0.15) is 10.8 Å². The number of hydrogen-bond acceptors (Lipinski definition) is 4. The first-order valence-corrected chi connectivity index (χ1v) is 7.11. The van der Waals surface area contributed by atoms with Crippen LogP contribution in [0.4, 0.5) is 0 Å². The molecule has 3 atom stereocenters. The molecule has 4 heteroatoms. The van der Waals surface area contributed by atoms with Gasteiger partial charge in [0.2, 0.25) is 0 Å². The molecule has 1 aromatic rings. The van der Waals surface area contributed by atoms with E-state index in [1.54, 1.807) is 18.3 Å². The fourth-order valence-corrected chi connectivity index (χ4v) is 3.41. The number of rotatable bonds is 4. The van der Waals surface area contributed by atoms with Gasteiger partial charge >= 0.3 is 0 Å². The Bertz CT molecular complexity index is 375. The normalized spacial score (nSPS) is 28.8. The molecular weight excluding hydrogens is 232 g/mol. The van der Waals surface area contributed by atoms with Crippen molar-refractivity contribution in [2.45, 2.75) is 45.7 Å². The highest BCUT2D eigenvalue weighted by atomic mass is 32.1. The van der Waals surface area contributed by atoms with Crippen molar-refractivity contribution in [1.29, 1.82) is 0 Å². The summed E-state index contributed by atoms with van der Waals surface area (Å²) in [5, 5.41) is 6.61. The average molecular weight is 252 g/mol. The number of carbonyl (C=O) groups excluding carboxylic acids is 1. The molecular formula is C13H20N2OS. The van der Waals surface area contributed by atoms with Crippen LogP contribution in [0.15, 0.2) is 11.6 Å². The zero-order valence-electron chi connectivity index (χ0n) is 10.6. The topological polar surface area (TPSA) is 42.0 Å². The van der Waals surface area contributed by atoms with Crippen LogP contribution in [-0.2, 0) is 4.79 Å². The fraction of sp³-hybridized carbons (Fsp3) is 0.692. The molecule has 2 unspecified atom stereocenters. The predicted molar refractivity (Wildman–Crippen MR) is 70.0 cm³/mol. The molecule has 0 aromatic carbocycles. The number of thiazole rings is 1. The van der Waals surface area contributed by atoms with Gasteiger partial charge in [0.15, 0.2) is 0 Å². The van der Waals surface area contributed by atoms with Crippen LogP contribution < -0.4 is 5.32 Å². The minimum atomic E-state index is 0.102. The molecule has 0 radical (unpaired) electrons. The van der Waals surface area contributed by atoms with Crippen molar-refractivity contribution in [1.82, 2.24) is 10.3 Å². The standard InChI is InChI=1S/C13H20N2OS/c1-8(2)6-10-7-11(9(3)16)12(15-10)13-14-4-5-17-13/h4-5,8,10-12,15H,6-7H2,1-3H3/t10?,11?,12-/m1/s1. The zero-order chi connectivity index (χ0) is 12.4. The number of Topliss-reactive ketones (excluding diaryl/α,β-unsaturated/α-hetero) is 1. The second kappa shape index (κ2) is 5.27. The van der Waals surface area contributed by atoms with E-state index in [-0.39, 0.29) is 17.7 Å². The van der Waals surface area contributed by atoms with Crippen LogP contribution in [0.1, 0.15) is 44.7 Å². The van der Waals surface area contributed by atoms with E-state index in [2.05, 4.69) is 24.1 Å². The molecule has 0 bridgehead atoms. The van der Waals surface area contributed by atoms with Crippen LogP contribution in [0, 0.1) is 11.8 Å². The van der Waals surface area contributed by atoms with Gasteiger partial charge in [-0.05, 0) is 25.7 Å². The van der Waals surface area contributed by atoms with Crippen LogP contribution >= 0.6 is 11.3 Å². The van der Waals surface area contributed by atoms with E-state index in [0.29, 0.717) is 12.0 Å². The molecule has 2 rings (SSSR count). The molecule has 1 aliphatic rings. The van der Waals surface area contributed by atoms with Crippen LogP contribution in [-0.4, -0.2) is 16.8 Å². The lowest BCUT2D eigenvalue weighted by Crippen LogP contribution is -2.26. The van der Waals surface area contributed by atoms with Crippen molar-refractivity contribution in [2.75, 3.05) is 0 Å². The molecule has 3 nitrogen and oxygen atoms in total. The average Bonchev–Trinajstić information content (AvgIpc) is 2.82. The van der Waals surface area contributed by atoms with Crippen molar-refractivity contribution in [2.24, 2.45) is 11.8 Å². The molecule has 1 saturated heterocycles. The molecule has 0 amide bonds. The highest BCUT2D eigenvalue weighted by Crippen LogP contribution is 2.36. The minimum absolute atomic E-state index is 0.102. The van der Waals surface area contributed by atoms with Crippen molar-refractivity contribution in [3.05, 3.63) is 16.6 Å². The first-order chi connectivity index (χ1) is 8.08. The van der Waals surface area contributed by atoms with E-state index < -0.39 is 0 Å². The smallest absolute Gasteiger partial charge is 0.134 e. The predicted octanol–water partition coefficient (Wildman–Crippen LogP) is 2.80. The van der Waals surface area contributed by atoms with Crippen LogP contribution in [0.5, 0.6) is 0 Å².